The van der Waals surface area contributed by atoms with E-state index in [2.05, 4.69) is 19.9 Å². The van der Waals surface area contributed by atoms with E-state index in [1.165, 1.54) is 32.6 Å². The van der Waals surface area contributed by atoms with Gasteiger partial charge in [0.15, 0.2) is 11.5 Å². The molecule has 0 saturated carbocycles. The summed E-state index contributed by atoms with van der Waals surface area (Å²) in [6.07, 6.45) is 5.58. The van der Waals surface area contributed by atoms with Gasteiger partial charge in [0.1, 0.15) is 11.8 Å². The summed E-state index contributed by atoms with van der Waals surface area (Å²) in [5.41, 5.74) is 7.91. The Labute approximate surface area is 192 Å². The molecule has 3 heterocycles. The molecule has 1 aromatic carbocycles. The van der Waals surface area contributed by atoms with Gasteiger partial charge in [-0.1, -0.05) is 0 Å². The number of ether oxygens (including phenoxy) is 1. The zero-order valence-electron chi connectivity index (χ0n) is 18.6. The molecule has 4 rings (SSSR count). The number of hydrogen-bond donors (Lipinski definition) is 1. The van der Waals surface area contributed by atoms with E-state index in [1.54, 1.807) is 12.4 Å². The van der Waals surface area contributed by atoms with Gasteiger partial charge in [-0.05, 0) is 37.5 Å². The SMILES string of the molecule is CN(C)S(=O)(=O)c1ccc(N2CCCC2)c(C(=O)OCCCn2cnc3c(N)ncnc32)c1. The van der Waals surface area contributed by atoms with Crippen LogP contribution in [0.2, 0.25) is 0 Å². The second-order valence-electron chi connectivity index (χ2n) is 8.02. The van der Waals surface area contributed by atoms with Crippen LogP contribution in [0.1, 0.15) is 29.6 Å². The zero-order valence-corrected chi connectivity index (χ0v) is 19.5. The predicted molar refractivity (Wildman–Crippen MR) is 123 cm³/mol. The first-order valence-electron chi connectivity index (χ1n) is 10.7. The lowest BCUT2D eigenvalue weighted by molar-refractivity contribution is 0.0496. The number of aryl methyl sites for hydroxylation is 1. The van der Waals surface area contributed by atoms with Crippen LogP contribution in [0.5, 0.6) is 0 Å². The highest BCUT2D eigenvalue weighted by molar-refractivity contribution is 7.89. The van der Waals surface area contributed by atoms with Crippen molar-refractivity contribution in [2.45, 2.75) is 30.7 Å². The van der Waals surface area contributed by atoms with Crippen LogP contribution in [-0.2, 0) is 21.3 Å². The van der Waals surface area contributed by atoms with Crippen LogP contribution in [0.25, 0.3) is 11.2 Å². The van der Waals surface area contributed by atoms with E-state index in [0.717, 1.165) is 30.2 Å². The fraction of sp³-hybridized carbons (Fsp3) is 0.429. The van der Waals surface area contributed by atoms with E-state index in [0.29, 0.717) is 35.6 Å². The number of nitrogens with zero attached hydrogens (tertiary/aromatic N) is 6. The van der Waals surface area contributed by atoms with E-state index in [-0.39, 0.29) is 17.1 Å². The maximum atomic E-state index is 13.0. The number of fused-ring (bicyclic) bond motifs is 1. The first-order valence-corrected chi connectivity index (χ1v) is 12.1. The molecule has 0 atom stereocenters. The maximum absolute atomic E-state index is 13.0. The van der Waals surface area contributed by atoms with Gasteiger partial charge < -0.3 is 19.9 Å². The summed E-state index contributed by atoms with van der Waals surface area (Å²) in [4.78, 5) is 27.5. The quantitative estimate of drug-likeness (QED) is 0.381. The van der Waals surface area contributed by atoms with Crippen LogP contribution in [-0.4, -0.2) is 72.0 Å². The molecule has 11 nitrogen and oxygen atoms in total. The van der Waals surface area contributed by atoms with Crippen LogP contribution < -0.4 is 10.6 Å². The van der Waals surface area contributed by atoms with Crippen LogP contribution in [0, 0.1) is 0 Å². The molecule has 0 radical (unpaired) electrons. The van der Waals surface area contributed by atoms with Crippen molar-refractivity contribution in [2.75, 3.05) is 44.4 Å². The second-order valence-corrected chi connectivity index (χ2v) is 10.2. The Morgan fingerprint density at radius 3 is 2.67 bits per heavy atom. The molecule has 1 aliphatic heterocycles. The molecule has 12 heteroatoms. The summed E-state index contributed by atoms with van der Waals surface area (Å²) in [6, 6.07) is 4.64. The Balaban J connectivity index is 1.48. The lowest BCUT2D eigenvalue weighted by Gasteiger charge is -2.22. The van der Waals surface area contributed by atoms with Crippen molar-refractivity contribution in [1.29, 1.82) is 0 Å². The van der Waals surface area contributed by atoms with Gasteiger partial charge in [0.05, 0.1) is 29.1 Å². The number of sulfonamides is 1. The molecule has 2 aromatic heterocycles. The van der Waals surface area contributed by atoms with Crippen LogP contribution >= 0.6 is 0 Å². The summed E-state index contributed by atoms with van der Waals surface area (Å²) in [6.45, 7) is 2.31. The van der Waals surface area contributed by atoms with E-state index in [9.17, 15) is 13.2 Å². The minimum atomic E-state index is -3.68. The zero-order chi connectivity index (χ0) is 23.6. The highest BCUT2D eigenvalue weighted by Gasteiger charge is 2.25. The Morgan fingerprint density at radius 2 is 1.94 bits per heavy atom. The summed E-state index contributed by atoms with van der Waals surface area (Å²) in [5, 5.41) is 0. The predicted octanol–water partition coefficient (Wildman–Crippen LogP) is 1.51. The number of imidazole rings is 1. The van der Waals surface area contributed by atoms with E-state index < -0.39 is 16.0 Å². The number of nitrogen functional groups attached to an aromatic ring is 1. The second kappa shape index (κ2) is 9.32. The molecule has 1 aliphatic rings. The third kappa shape index (κ3) is 4.62. The number of benzene rings is 1. The smallest absolute Gasteiger partial charge is 0.340 e. The monoisotopic (exact) mass is 473 g/mol. The number of hydrogen-bond acceptors (Lipinski definition) is 9. The average Bonchev–Trinajstić information content (AvgIpc) is 3.47. The molecule has 1 saturated heterocycles. The molecular weight excluding hydrogens is 446 g/mol. The summed E-state index contributed by atoms with van der Waals surface area (Å²) in [5.74, 6) is -0.234. The summed E-state index contributed by atoms with van der Waals surface area (Å²) >= 11 is 0. The molecular formula is C21H27N7O4S. The van der Waals surface area contributed by atoms with Crippen molar-refractivity contribution in [3.63, 3.8) is 0 Å². The molecule has 0 bridgehead atoms. The van der Waals surface area contributed by atoms with Crippen molar-refractivity contribution in [1.82, 2.24) is 23.8 Å². The van der Waals surface area contributed by atoms with Gasteiger partial charge in [0.2, 0.25) is 10.0 Å². The van der Waals surface area contributed by atoms with Crippen LogP contribution in [0.3, 0.4) is 0 Å². The van der Waals surface area contributed by atoms with Crippen LogP contribution in [0.15, 0.2) is 35.7 Å². The minimum Gasteiger partial charge on any atom is -0.462 e. The largest absolute Gasteiger partial charge is 0.462 e. The first-order chi connectivity index (χ1) is 15.8. The number of esters is 1. The number of rotatable bonds is 8. The van der Waals surface area contributed by atoms with Gasteiger partial charge in [-0.3, -0.25) is 0 Å². The number of carbonyl (C=O) groups is 1. The molecule has 0 unspecified atom stereocenters. The highest BCUT2D eigenvalue weighted by atomic mass is 32.2. The average molecular weight is 474 g/mol. The Morgan fingerprint density at radius 1 is 1.18 bits per heavy atom. The van der Waals surface area contributed by atoms with Gasteiger partial charge in [0.25, 0.3) is 0 Å². The van der Waals surface area contributed by atoms with E-state index >= 15 is 0 Å². The van der Waals surface area contributed by atoms with Gasteiger partial charge in [0, 0.05) is 33.7 Å². The minimum absolute atomic E-state index is 0.0598. The van der Waals surface area contributed by atoms with Crippen molar-refractivity contribution in [3.8, 4) is 0 Å². The van der Waals surface area contributed by atoms with Gasteiger partial charge in [-0.15, -0.1) is 0 Å². The Kier molecular flexibility index (Phi) is 6.47. The Hall–Kier alpha value is -3.25. The van der Waals surface area contributed by atoms with E-state index in [1.807, 2.05) is 4.57 Å². The molecule has 33 heavy (non-hydrogen) atoms. The number of nitrogens with two attached hydrogens (primary N) is 1. The number of anilines is 2. The fourth-order valence-corrected chi connectivity index (χ4v) is 4.75. The van der Waals surface area contributed by atoms with Gasteiger partial charge in [-0.2, -0.15) is 0 Å². The molecule has 176 valence electrons. The van der Waals surface area contributed by atoms with Gasteiger partial charge >= 0.3 is 5.97 Å². The van der Waals surface area contributed by atoms with E-state index in [4.69, 9.17) is 10.5 Å². The molecule has 3 aromatic rings. The lowest BCUT2D eigenvalue weighted by Crippen LogP contribution is -2.25. The molecule has 2 N–H and O–H groups in total. The van der Waals surface area contributed by atoms with Crippen molar-refractivity contribution in [2.24, 2.45) is 0 Å². The topological polar surface area (TPSA) is 137 Å². The number of aromatic nitrogens is 4. The molecule has 1 fully saturated rings. The first kappa shape index (κ1) is 22.9. The molecule has 0 amide bonds. The van der Waals surface area contributed by atoms with Crippen molar-refractivity contribution in [3.05, 3.63) is 36.4 Å². The van der Waals surface area contributed by atoms with Crippen LogP contribution in [0.4, 0.5) is 11.5 Å². The third-order valence-electron chi connectivity index (χ3n) is 5.62. The summed E-state index contributed by atoms with van der Waals surface area (Å²) in [7, 11) is -0.761. The van der Waals surface area contributed by atoms with Crippen molar-refractivity contribution < 1.29 is 17.9 Å². The normalized spacial score (nSPS) is 14.3. The standard InChI is InChI=1S/C21H27N7O4S/c1-26(2)33(30,31)15-6-7-17(27-8-3-4-9-27)16(12-15)21(29)32-11-5-10-28-14-25-18-19(22)23-13-24-20(18)28/h6-7,12-14H,3-5,8-11H2,1-2H3,(H2,22,23,24). The lowest BCUT2D eigenvalue weighted by atomic mass is 10.1. The van der Waals surface area contributed by atoms with Gasteiger partial charge in [-0.25, -0.2) is 32.5 Å². The maximum Gasteiger partial charge on any atom is 0.340 e. The summed E-state index contributed by atoms with van der Waals surface area (Å²) < 4.78 is 33.7. The third-order valence-corrected chi connectivity index (χ3v) is 7.43. The molecule has 0 aliphatic carbocycles. The number of carbonyl (C=O) groups excluding carboxylic acids is 1. The fourth-order valence-electron chi connectivity index (χ4n) is 3.82. The molecule has 0 spiro atoms. The van der Waals surface area contributed by atoms with Crippen molar-refractivity contribution >= 4 is 38.7 Å². The highest BCUT2D eigenvalue weighted by Crippen LogP contribution is 2.29. The Bertz CT molecular complexity index is 1270.